The average Bonchev–Trinajstić information content (AvgIpc) is 1.68. The molecule has 0 rings (SSSR count). The molecule has 0 N–H and O–H groups in total. The Kier molecular flexibility index (Phi) is 12.7. The molecule has 0 aliphatic rings. The van der Waals surface area contributed by atoms with Crippen molar-refractivity contribution in [1.82, 2.24) is 0 Å². The van der Waals surface area contributed by atoms with Crippen LogP contribution in [-0.4, -0.2) is 51.5 Å². The van der Waals surface area contributed by atoms with E-state index in [1.807, 2.05) is 0 Å². The Bertz CT molecular complexity index is 67.5. The SMILES string of the molecule is CCO[PH](=O)OC.[CaH2]. The predicted molar refractivity (Wildman–Crippen MR) is 36.2 cm³/mol. The Balaban J connectivity index is 0. The van der Waals surface area contributed by atoms with E-state index in [1.54, 1.807) is 6.92 Å². The van der Waals surface area contributed by atoms with Crippen molar-refractivity contribution in [3.05, 3.63) is 0 Å². The van der Waals surface area contributed by atoms with Crippen LogP contribution < -0.4 is 0 Å². The number of hydrogen-bond acceptors (Lipinski definition) is 3. The van der Waals surface area contributed by atoms with E-state index in [0.29, 0.717) is 6.61 Å². The topological polar surface area (TPSA) is 35.5 Å². The van der Waals surface area contributed by atoms with E-state index in [9.17, 15) is 4.57 Å². The van der Waals surface area contributed by atoms with Crippen molar-refractivity contribution in [2.45, 2.75) is 6.92 Å². The van der Waals surface area contributed by atoms with Crippen molar-refractivity contribution < 1.29 is 13.6 Å². The zero-order valence-electron chi connectivity index (χ0n) is 4.43. The van der Waals surface area contributed by atoms with Crippen molar-refractivity contribution in [1.29, 1.82) is 0 Å². The molecule has 0 aliphatic heterocycles. The average molecular weight is 166 g/mol. The molecule has 0 radical (unpaired) electrons. The summed E-state index contributed by atoms with van der Waals surface area (Å²) in [7, 11) is -0.772. The van der Waals surface area contributed by atoms with Crippen LogP contribution in [0.2, 0.25) is 0 Å². The van der Waals surface area contributed by atoms with Gasteiger partial charge in [0.15, 0.2) is 0 Å². The first-order valence-electron chi connectivity index (χ1n) is 2.02. The van der Waals surface area contributed by atoms with Gasteiger partial charge in [0.1, 0.15) is 0 Å². The first kappa shape index (κ1) is 12.1. The third-order valence-electron chi connectivity index (χ3n) is 0.429. The molecular formula is C3H11CaO3P. The first-order valence-corrected chi connectivity index (χ1v) is 3.24. The number of rotatable bonds is 3. The van der Waals surface area contributed by atoms with E-state index in [1.165, 1.54) is 7.11 Å². The summed E-state index contributed by atoms with van der Waals surface area (Å²) in [6, 6.07) is 0. The molecule has 1 unspecified atom stereocenters. The normalized spacial score (nSPS) is 12.2. The van der Waals surface area contributed by atoms with Gasteiger partial charge in [0.2, 0.25) is 0 Å². The van der Waals surface area contributed by atoms with Crippen LogP contribution in [0.3, 0.4) is 0 Å². The fraction of sp³-hybridized carbons (Fsp3) is 1.00. The minimum atomic E-state index is -2.13. The van der Waals surface area contributed by atoms with Gasteiger partial charge in [0.25, 0.3) is 0 Å². The molecule has 0 bridgehead atoms. The van der Waals surface area contributed by atoms with Crippen molar-refractivity contribution in [3.8, 4) is 0 Å². The van der Waals surface area contributed by atoms with E-state index in [2.05, 4.69) is 9.05 Å². The van der Waals surface area contributed by atoms with E-state index < -0.39 is 8.25 Å². The van der Waals surface area contributed by atoms with Crippen LogP contribution in [0.25, 0.3) is 0 Å². The maximum absolute atomic E-state index is 10.2. The summed E-state index contributed by atoms with van der Waals surface area (Å²) in [5, 5.41) is 0. The summed E-state index contributed by atoms with van der Waals surface area (Å²) >= 11 is 0. The van der Waals surface area contributed by atoms with Crippen LogP contribution in [-0.2, 0) is 13.6 Å². The molecule has 48 valence electrons. The fourth-order valence-electron chi connectivity index (χ4n) is 0.177. The van der Waals surface area contributed by atoms with Gasteiger partial charge < -0.3 is 9.05 Å². The molecule has 3 nitrogen and oxygen atoms in total. The van der Waals surface area contributed by atoms with Crippen LogP contribution in [0.5, 0.6) is 0 Å². The third-order valence-corrected chi connectivity index (χ3v) is 1.29. The van der Waals surface area contributed by atoms with Crippen molar-refractivity contribution >= 4 is 46.0 Å². The van der Waals surface area contributed by atoms with Crippen LogP contribution in [0.1, 0.15) is 6.92 Å². The van der Waals surface area contributed by atoms with Crippen LogP contribution in [0.4, 0.5) is 0 Å². The summed E-state index contributed by atoms with van der Waals surface area (Å²) in [6.45, 7) is 2.22. The Morgan fingerprint density at radius 3 is 2.25 bits per heavy atom. The molecule has 0 spiro atoms. The van der Waals surface area contributed by atoms with Crippen LogP contribution in [0.15, 0.2) is 0 Å². The molecule has 0 amide bonds. The Hall–Kier alpha value is 1.41. The summed E-state index contributed by atoms with van der Waals surface area (Å²) in [6.07, 6.45) is 0. The van der Waals surface area contributed by atoms with E-state index in [-0.39, 0.29) is 37.7 Å². The number of hydrogen-bond donors (Lipinski definition) is 0. The first-order chi connectivity index (χ1) is 3.31. The van der Waals surface area contributed by atoms with Gasteiger partial charge in [-0.15, -0.1) is 0 Å². The van der Waals surface area contributed by atoms with Crippen molar-refractivity contribution in [2.24, 2.45) is 0 Å². The molecule has 0 aromatic carbocycles. The summed E-state index contributed by atoms with van der Waals surface area (Å²) in [4.78, 5) is 0. The molecule has 1 atom stereocenters. The standard InChI is InChI=1S/C3H9O3P.Ca.2H/c1-3-6-7(4)5-2;;;/h7H,3H2,1-2H3;;;. The fourth-order valence-corrected chi connectivity index (χ4v) is 0.530. The van der Waals surface area contributed by atoms with Crippen LogP contribution in [0, 0.1) is 0 Å². The van der Waals surface area contributed by atoms with Crippen molar-refractivity contribution in [2.75, 3.05) is 13.7 Å². The summed E-state index contributed by atoms with van der Waals surface area (Å²) < 4.78 is 19.0. The third kappa shape index (κ3) is 7.41. The molecule has 5 heteroatoms. The van der Waals surface area contributed by atoms with Gasteiger partial charge >= 0.3 is 46.0 Å². The van der Waals surface area contributed by atoms with Gasteiger partial charge in [-0.1, -0.05) is 0 Å². The molecule has 0 fully saturated rings. The zero-order chi connectivity index (χ0) is 5.70. The second-order valence-electron chi connectivity index (χ2n) is 0.887. The molecule has 8 heavy (non-hydrogen) atoms. The summed E-state index contributed by atoms with van der Waals surface area (Å²) in [5.41, 5.74) is 0. The Morgan fingerprint density at radius 1 is 1.62 bits per heavy atom. The molecular weight excluding hydrogens is 155 g/mol. The van der Waals surface area contributed by atoms with Gasteiger partial charge in [-0.05, 0) is 6.92 Å². The maximum atomic E-state index is 10.2. The minimum absolute atomic E-state index is 0. The van der Waals surface area contributed by atoms with Gasteiger partial charge in [-0.2, -0.15) is 0 Å². The van der Waals surface area contributed by atoms with Crippen LogP contribution >= 0.6 is 8.25 Å². The molecule has 0 saturated carbocycles. The molecule has 0 aliphatic carbocycles. The second kappa shape index (κ2) is 8.41. The molecule has 0 aromatic heterocycles. The quantitative estimate of drug-likeness (QED) is 0.442. The second-order valence-corrected chi connectivity index (χ2v) is 2.08. The Labute approximate surface area is 79.7 Å². The monoisotopic (exact) mass is 166 g/mol. The zero-order valence-corrected chi connectivity index (χ0v) is 5.43. The van der Waals surface area contributed by atoms with Gasteiger partial charge in [-0.3, -0.25) is 4.57 Å². The van der Waals surface area contributed by atoms with Gasteiger partial charge in [0.05, 0.1) is 6.61 Å². The van der Waals surface area contributed by atoms with Gasteiger partial charge in [-0.25, -0.2) is 0 Å². The molecule has 0 heterocycles. The Morgan fingerprint density at radius 2 is 2.12 bits per heavy atom. The molecule has 0 saturated heterocycles. The van der Waals surface area contributed by atoms with E-state index in [4.69, 9.17) is 0 Å². The van der Waals surface area contributed by atoms with E-state index >= 15 is 0 Å². The van der Waals surface area contributed by atoms with E-state index in [0.717, 1.165) is 0 Å². The molecule has 0 aromatic rings. The predicted octanol–water partition coefficient (Wildman–Crippen LogP) is 0.143. The summed E-state index contributed by atoms with van der Waals surface area (Å²) in [5.74, 6) is 0. The van der Waals surface area contributed by atoms with Gasteiger partial charge in [0, 0.05) is 7.11 Å². The van der Waals surface area contributed by atoms with Crippen molar-refractivity contribution in [3.63, 3.8) is 0 Å².